The molecule has 1 aromatic carbocycles. The molecule has 1 fully saturated rings. The number of hydrogen-bond donors (Lipinski definition) is 0. The van der Waals surface area contributed by atoms with Crippen molar-refractivity contribution in [1.82, 2.24) is 9.80 Å². The van der Waals surface area contributed by atoms with E-state index in [1.807, 2.05) is 12.1 Å². The van der Waals surface area contributed by atoms with E-state index in [9.17, 15) is 14.4 Å². The number of rotatable bonds is 6. The van der Waals surface area contributed by atoms with Gasteiger partial charge in [0.1, 0.15) is 12.8 Å². The third-order valence-corrected chi connectivity index (χ3v) is 7.17. The summed E-state index contributed by atoms with van der Waals surface area (Å²) in [5, 5.41) is 0. The number of nitrogens with zero attached hydrogens (tertiary/aromatic N) is 2. The van der Waals surface area contributed by atoms with Crippen LogP contribution in [0, 0.1) is 0 Å². The van der Waals surface area contributed by atoms with Crippen molar-refractivity contribution in [2.75, 3.05) is 13.3 Å². The second-order valence-corrected chi connectivity index (χ2v) is 14.8. The standard InChI is InChI=1S/C19H25BrN2O4Si/c1-27(2,3)9-8-26-12-22-17(23)7-6-16(19(22)25)21-11-13-10-14(20)4-5-15(13)18(21)24/h4-5,10,16H,6-9,11-12H2,1-3H3. The van der Waals surface area contributed by atoms with Gasteiger partial charge in [-0.2, -0.15) is 0 Å². The molecule has 0 bridgehead atoms. The summed E-state index contributed by atoms with van der Waals surface area (Å²) in [7, 11) is -1.23. The molecule has 2 aliphatic heterocycles. The van der Waals surface area contributed by atoms with Crippen LogP contribution < -0.4 is 0 Å². The molecule has 0 saturated carbocycles. The largest absolute Gasteiger partial charge is 0.361 e. The molecular weight excluding hydrogens is 428 g/mol. The summed E-state index contributed by atoms with van der Waals surface area (Å²) in [6.07, 6.45) is 0.613. The van der Waals surface area contributed by atoms with Crippen LogP contribution in [0.3, 0.4) is 0 Å². The van der Waals surface area contributed by atoms with E-state index >= 15 is 0 Å². The summed E-state index contributed by atoms with van der Waals surface area (Å²) in [6, 6.07) is 5.87. The molecular formula is C19H25BrN2O4Si. The van der Waals surface area contributed by atoms with Crippen LogP contribution in [0.2, 0.25) is 25.7 Å². The van der Waals surface area contributed by atoms with Crippen LogP contribution in [0.5, 0.6) is 0 Å². The first-order valence-electron chi connectivity index (χ1n) is 9.19. The molecule has 3 rings (SSSR count). The molecule has 0 spiro atoms. The fraction of sp³-hybridized carbons (Fsp3) is 0.526. The Bertz CT molecular complexity index is 777. The van der Waals surface area contributed by atoms with Gasteiger partial charge in [0.05, 0.1) is 0 Å². The van der Waals surface area contributed by atoms with Gasteiger partial charge in [-0.05, 0) is 36.2 Å². The molecule has 2 aliphatic rings. The van der Waals surface area contributed by atoms with Gasteiger partial charge in [-0.1, -0.05) is 35.6 Å². The SMILES string of the molecule is C[Si](C)(C)CCOCN1C(=O)CCC(N2Cc3cc(Br)ccc3C2=O)C1=O. The van der Waals surface area contributed by atoms with E-state index in [0.29, 0.717) is 25.1 Å². The second kappa shape index (κ2) is 7.85. The van der Waals surface area contributed by atoms with Crippen LogP contribution >= 0.6 is 15.9 Å². The van der Waals surface area contributed by atoms with Crippen LogP contribution in [-0.2, 0) is 20.9 Å². The third-order valence-electron chi connectivity index (χ3n) is 4.98. The molecule has 1 aromatic rings. The van der Waals surface area contributed by atoms with Crippen molar-refractivity contribution in [3.05, 3.63) is 33.8 Å². The van der Waals surface area contributed by atoms with Crippen molar-refractivity contribution in [3.63, 3.8) is 0 Å². The molecule has 0 aromatic heterocycles. The van der Waals surface area contributed by atoms with E-state index in [1.54, 1.807) is 11.0 Å². The van der Waals surface area contributed by atoms with Gasteiger partial charge in [0.25, 0.3) is 11.8 Å². The molecule has 0 aliphatic carbocycles. The molecule has 2 heterocycles. The monoisotopic (exact) mass is 452 g/mol. The Kier molecular flexibility index (Phi) is 5.88. The van der Waals surface area contributed by atoms with Crippen molar-refractivity contribution in [1.29, 1.82) is 0 Å². The van der Waals surface area contributed by atoms with Crippen molar-refractivity contribution in [3.8, 4) is 0 Å². The predicted molar refractivity (Wildman–Crippen MR) is 108 cm³/mol. The number of fused-ring (bicyclic) bond motifs is 1. The Morgan fingerprint density at radius 2 is 1.96 bits per heavy atom. The van der Waals surface area contributed by atoms with E-state index in [1.165, 1.54) is 4.90 Å². The van der Waals surface area contributed by atoms with Crippen LogP contribution in [0.4, 0.5) is 0 Å². The van der Waals surface area contributed by atoms with E-state index in [-0.39, 0.29) is 30.9 Å². The number of amides is 3. The Morgan fingerprint density at radius 1 is 1.22 bits per heavy atom. The highest BCUT2D eigenvalue weighted by Gasteiger charge is 2.42. The Balaban J connectivity index is 1.66. The van der Waals surface area contributed by atoms with Crippen LogP contribution in [0.15, 0.2) is 22.7 Å². The number of likely N-dealkylation sites (tertiary alicyclic amines) is 1. The van der Waals surface area contributed by atoms with E-state index < -0.39 is 14.1 Å². The van der Waals surface area contributed by atoms with Gasteiger partial charge in [-0.15, -0.1) is 0 Å². The molecule has 0 radical (unpaired) electrons. The van der Waals surface area contributed by atoms with E-state index in [0.717, 1.165) is 16.1 Å². The highest BCUT2D eigenvalue weighted by molar-refractivity contribution is 9.10. The minimum absolute atomic E-state index is 0.0286. The van der Waals surface area contributed by atoms with Gasteiger partial charge < -0.3 is 9.64 Å². The summed E-state index contributed by atoms with van der Waals surface area (Å²) in [4.78, 5) is 40.6. The zero-order valence-corrected chi connectivity index (χ0v) is 18.5. The summed E-state index contributed by atoms with van der Waals surface area (Å²) < 4.78 is 6.52. The van der Waals surface area contributed by atoms with Gasteiger partial charge in [-0.25, -0.2) is 0 Å². The zero-order chi connectivity index (χ0) is 19.8. The fourth-order valence-corrected chi connectivity index (χ4v) is 4.51. The van der Waals surface area contributed by atoms with Crippen LogP contribution in [-0.4, -0.2) is 55.0 Å². The number of halogens is 1. The van der Waals surface area contributed by atoms with Gasteiger partial charge in [0.2, 0.25) is 5.91 Å². The highest BCUT2D eigenvalue weighted by atomic mass is 79.9. The molecule has 0 N–H and O–H groups in total. The number of ether oxygens (including phenoxy) is 1. The van der Waals surface area contributed by atoms with Crippen molar-refractivity contribution in [2.24, 2.45) is 0 Å². The molecule has 1 saturated heterocycles. The van der Waals surface area contributed by atoms with Gasteiger partial charge in [0.15, 0.2) is 0 Å². The smallest absolute Gasteiger partial charge is 0.255 e. The minimum atomic E-state index is -1.23. The Morgan fingerprint density at radius 3 is 2.67 bits per heavy atom. The summed E-state index contributed by atoms with van der Waals surface area (Å²) >= 11 is 3.42. The lowest BCUT2D eigenvalue weighted by Gasteiger charge is -2.35. The molecule has 3 amide bonds. The molecule has 1 atom stereocenters. The lowest BCUT2D eigenvalue weighted by atomic mass is 10.0. The zero-order valence-electron chi connectivity index (χ0n) is 16.0. The highest BCUT2D eigenvalue weighted by Crippen LogP contribution is 2.30. The van der Waals surface area contributed by atoms with Gasteiger partial charge >= 0.3 is 0 Å². The predicted octanol–water partition coefficient (Wildman–Crippen LogP) is 3.23. The van der Waals surface area contributed by atoms with Crippen molar-refractivity contribution in [2.45, 2.75) is 51.1 Å². The van der Waals surface area contributed by atoms with Crippen molar-refractivity contribution >= 4 is 41.7 Å². The van der Waals surface area contributed by atoms with Gasteiger partial charge in [0, 0.05) is 37.7 Å². The lowest BCUT2D eigenvalue weighted by molar-refractivity contribution is -0.158. The molecule has 146 valence electrons. The normalized spacial score (nSPS) is 20.4. The number of imide groups is 1. The minimum Gasteiger partial charge on any atom is -0.361 e. The first kappa shape index (κ1) is 20.2. The number of hydrogen-bond acceptors (Lipinski definition) is 4. The topological polar surface area (TPSA) is 66.9 Å². The molecule has 8 heteroatoms. The van der Waals surface area contributed by atoms with Crippen LogP contribution in [0.1, 0.15) is 28.8 Å². The number of piperidine rings is 1. The second-order valence-electron chi connectivity index (χ2n) is 8.30. The Hall–Kier alpha value is -1.51. The molecule has 1 unspecified atom stereocenters. The summed E-state index contributed by atoms with van der Waals surface area (Å²) in [5.41, 5.74) is 1.53. The van der Waals surface area contributed by atoms with E-state index in [2.05, 4.69) is 35.6 Å². The molecule has 6 nitrogen and oxygen atoms in total. The van der Waals surface area contributed by atoms with E-state index in [4.69, 9.17) is 4.74 Å². The quantitative estimate of drug-likeness (QED) is 0.377. The maximum Gasteiger partial charge on any atom is 0.255 e. The molecule has 27 heavy (non-hydrogen) atoms. The maximum atomic E-state index is 12.9. The average molecular weight is 453 g/mol. The summed E-state index contributed by atoms with van der Waals surface area (Å²) in [6.45, 7) is 7.65. The average Bonchev–Trinajstić information content (AvgIpc) is 2.89. The van der Waals surface area contributed by atoms with Crippen LogP contribution in [0.25, 0.3) is 0 Å². The summed E-state index contributed by atoms with van der Waals surface area (Å²) in [5.74, 6) is -0.708. The number of benzene rings is 1. The number of carbonyl (C=O) groups is 3. The van der Waals surface area contributed by atoms with Crippen molar-refractivity contribution < 1.29 is 19.1 Å². The fourth-order valence-electron chi connectivity index (χ4n) is 3.34. The van der Waals surface area contributed by atoms with Gasteiger partial charge in [-0.3, -0.25) is 19.3 Å². The number of carbonyl (C=O) groups excluding carboxylic acids is 3. The lowest BCUT2D eigenvalue weighted by Crippen LogP contribution is -2.55. The third kappa shape index (κ3) is 4.49. The maximum absolute atomic E-state index is 12.9. The Labute approximate surface area is 169 Å². The first-order chi connectivity index (χ1) is 12.7. The first-order valence-corrected chi connectivity index (χ1v) is 13.7.